The maximum absolute atomic E-state index is 13.1. The summed E-state index contributed by atoms with van der Waals surface area (Å²) in [5.41, 5.74) is 3.06. The zero-order valence-corrected chi connectivity index (χ0v) is 23.9. The Morgan fingerprint density at radius 3 is 2.37 bits per heavy atom. The zero-order valence-electron chi connectivity index (χ0n) is 21.4. The summed E-state index contributed by atoms with van der Waals surface area (Å²) in [5, 5.41) is 4.83. The minimum atomic E-state index is -3.53. The lowest BCUT2D eigenvalue weighted by molar-refractivity contribution is -0.122. The summed E-state index contributed by atoms with van der Waals surface area (Å²) in [6.45, 7) is 5.80. The quantitative estimate of drug-likeness (QED) is 0.275. The largest absolute Gasteiger partial charge is 0.293 e. The Morgan fingerprint density at radius 2 is 1.71 bits per heavy atom. The Morgan fingerprint density at radius 1 is 1.03 bits per heavy atom. The van der Waals surface area contributed by atoms with E-state index in [2.05, 4.69) is 13.8 Å². The second-order valence-corrected chi connectivity index (χ2v) is 13.5. The van der Waals surface area contributed by atoms with Crippen LogP contribution in [0.3, 0.4) is 0 Å². The van der Waals surface area contributed by atoms with Crippen molar-refractivity contribution in [2.45, 2.75) is 38.0 Å². The number of carbonyl (C=O) groups excluding carboxylic acids is 1. The van der Waals surface area contributed by atoms with Gasteiger partial charge in [0.05, 0.1) is 21.2 Å². The van der Waals surface area contributed by atoms with Crippen molar-refractivity contribution in [2.24, 2.45) is 5.92 Å². The molecular weight excluding hydrogens is 537 g/mol. The molecule has 2 aliphatic rings. The predicted molar refractivity (Wildman–Crippen MR) is 156 cm³/mol. The van der Waals surface area contributed by atoms with Crippen LogP contribution < -0.4 is 0 Å². The topological polar surface area (TPSA) is 75.5 Å². The number of aromatic nitrogens is 2. The average Bonchev–Trinajstić information content (AvgIpc) is 3.46. The standard InChI is InChI=1S/C28H30N4O3S3/c1-20(2)18-31-27(33)25(37-28(31)36)17-22-19-32(23-9-5-3-6-10-23)29-26(22)21-11-13-24(14-12-21)38(34,35)30-15-7-4-8-16-30/h3,5-6,9-14,17,19-20H,4,7-8,15-16,18H2,1-2H3/b25-17-. The summed E-state index contributed by atoms with van der Waals surface area (Å²) in [6, 6.07) is 16.6. The molecule has 0 atom stereocenters. The molecule has 0 unspecified atom stereocenters. The van der Waals surface area contributed by atoms with Gasteiger partial charge in [0.25, 0.3) is 5.91 Å². The number of thioether (sulfide) groups is 1. The third-order valence-corrected chi connectivity index (χ3v) is 9.84. The molecule has 5 rings (SSSR count). The first kappa shape index (κ1) is 26.8. The molecule has 0 saturated carbocycles. The van der Waals surface area contributed by atoms with Gasteiger partial charge in [0, 0.05) is 37.0 Å². The third kappa shape index (κ3) is 5.49. The average molecular weight is 567 g/mol. The maximum atomic E-state index is 13.1. The van der Waals surface area contributed by atoms with E-state index in [1.54, 1.807) is 38.2 Å². The van der Waals surface area contributed by atoms with Crippen molar-refractivity contribution in [3.8, 4) is 16.9 Å². The molecule has 0 bridgehead atoms. The first-order valence-corrected chi connectivity index (χ1v) is 15.4. The van der Waals surface area contributed by atoms with Crippen LogP contribution in [0.4, 0.5) is 0 Å². The fraction of sp³-hybridized carbons (Fsp3) is 0.321. The minimum absolute atomic E-state index is 0.102. The monoisotopic (exact) mass is 566 g/mol. The predicted octanol–water partition coefficient (Wildman–Crippen LogP) is 5.57. The Balaban J connectivity index is 1.52. The van der Waals surface area contributed by atoms with Gasteiger partial charge in [-0.1, -0.05) is 74.6 Å². The number of sulfonamides is 1. The van der Waals surface area contributed by atoms with Crippen LogP contribution in [0.5, 0.6) is 0 Å². The fourth-order valence-corrected chi connectivity index (χ4v) is 7.42. The van der Waals surface area contributed by atoms with Crippen LogP contribution in [0, 0.1) is 5.92 Å². The number of nitrogens with zero attached hydrogens (tertiary/aromatic N) is 4. The smallest absolute Gasteiger partial charge is 0.266 e. The number of para-hydroxylation sites is 1. The van der Waals surface area contributed by atoms with Crippen molar-refractivity contribution in [1.29, 1.82) is 0 Å². The number of carbonyl (C=O) groups is 1. The summed E-state index contributed by atoms with van der Waals surface area (Å²) < 4.78 is 30.2. The molecule has 2 fully saturated rings. The normalized spacial score (nSPS) is 18.2. The lowest BCUT2D eigenvalue weighted by atomic mass is 10.1. The molecule has 198 valence electrons. The molecule has 0 aliphatic carbocycles. The number of benzene rings is 2. The summed E-state index contributed by atoms with van der Waals surface area (Å²) in [4.78, 5) is 15.6. The molecule has 38 heavy (non-hydrogen) atoms. The van der Waals surface area contributed by atoms with Gasteiger partial charge in [-0.3, -0.25) is 9.69 Å². The highest BCUT2D eigenvalue weighted by Gasteiger charge is 2.33. The molecule has 3 heterocycles. The van der Waals surface area contributed by atoms with Crippen LogP contribution in [0.2, 0.25) is 0 Å². The van der Waals surface area contributed by atoms with Gasteiger partial charge in [-0.2, -0.15) is 9.40 Å². The van der Waals surface area contributed by atoms with Gasteiger partial charge in [-0.05, 0) is 49.1 Å². The van der Waals surface area contributed by atoms with Crippen molar-refractivity contribution in [2.75, 3.05) is 19.6 Å². The molecule has 3 aromatic rings. The van der Waals surface area contributed by atoms with Gasteiger partial charge in [0.2, 0.25) is 10.0 Å². The molecule has 0 radical (unpaired) electrons. The van der Waals surface area contributed by atoms with E-state index >= 15 is 0 Å². The molecule has 0 spiro atoms. The molecule has 1 amide bonds. The van der Waals surface area contributed by atoms with Crippen LogP contribution in [0.15, 0.2) is 70.6 Å². The van der Waals surface area contributed by atoms with Gasteiger partial charge in [-0.15, -0.1) is 0 Å². The first-order valence-electron chi connectivity index (χ1n) is 12.7. The molecule has 0 N–H and O–H groups in total. The van der Waals surface area contributed by atoms with E-state index in [4.69, 9.17) is 17.3 Å². The lowest BCUT2D eigenvalue weighted by Gasteiger charge is -2.25. The summed E-state index contributed by atoms with van der Waals surface area (Å²) in [7, 11) is -3.53. The van der Waals surface area contributed by atoms with E-state index in [0.717, 1.165) is 36.1 Å². The molecule has 1 aromatic heterocycles. The zero-order chi connectivity index (χ0) is 26.9. The maximum Gasteiger partial charge on any atom is 0.266 e. The van der Waals surface area contributed by atoms with Crippen molar-refractivity contribution in [3.63, 3.8) is 0 Å². The number of amides is 1. The fourth-order valence-electron chi connectivity index (χ4n) is 4.63. The minimum Gasteiger partial charge on any atom is -0.293 e. The lowest BCUT2D eigenvalue weighted by Crippen LogP contribution is -2.35. The van der Waals surface area contributed by atoms with Gasteiger partial charge in [0.15, 0.2) is 0 Å². The number of hydrogen-bond acceptors (Lipinski definition) is 6. The van der Waals surface area contributed by atoms with E-state index in [1.165, 1.54) is 11.8 Å². The van der Waals surface area contributed by atoms with E-state index in [0.29, 0.717) is 40.5 Å². The van der Waals surface area contributed by atoms with Crippen molar-refractivity contribution in [3.05, 3.63) is 71.3 Å². The Hall–Kier alpha value is -2.79. The second kappa shape index (κ2) is 11.1. The van der Waals surface area contributed by atoms with E-state index < -0.39 is 10.0 Å². The van der Waals surface area contributed by atoms with Crippen LogP contribution >= 0.6 is 24.0 Å². The van der Waals surface area contributed by atoms with Crippen molar-refractivity contribution in [1.82, 2.24) is 19.0 Å². The molecular formula is C28H30N4O3S3. The highest BCUT2D eigenvalue weighted by Crippen LogP contribution is 2.35. The van der Waals surface area contributed by atoms with Crippen LogP contribution in [0.25, 0.3) is 23.0 Å². The van der Waals surface area contributed by atoms with Gasteiger partial charge >= 0.3 is 0 Å². The molecule has 2 saturated heterocycles. The first-order chi connectivity index (χ1) is 18.2. The molecule has 2 aliphatic heterocycles. The molecule has 7 nitrogen and oxygen atoms in total. The Labute approximate surface area is 233 Å². The summed E-state index contributed by atoms with van der Waals surface area (Å²) >= 11 is 6.78. The van der Waals surface area contributed by atoms with Gasteiger partial charge in [0.1, 0.15) is 4.32 Å². The van der Waals surface area contributed by atoms with E-state index in [9.17, 15) is 13.2 Å². The number of piperidine rings is 1. The summed E-state index contributed by atoms with van der Waals surface area (Å²) in [6.07, 6.45) is 6.56. The highest BCUT2D eigenvalue weighted by molar-refractivity contribution is 8.26. The number of hydrogen-bond donors (Lipinski definition) is 0. The number of thiocarbonyl (C=S) groups is 1. The van der Waals surface area contributed by atoms with Crippen LogP contribution in [0.1, 0.15) is 38.7 Å². The third-order valence-electron chi connectivity index (χ3n) is 6.55. The summed E-state index contributed by atoms with van der Waals surface area (Å²) in [5.74, 6) is 0.197. The van der Waals surface area contributed by atoms with Gasteiger partial charge < -0.3 is 0 Å². The second-order valence-electron chi connectivity index (χ2n) is 9.89. The van der Waals surface area contributed by atoms with Crippen LogP contribution in [-0.2, 0) is 14.8 Å². The molecule has 2 aromatic carbocycles. The Kier molecular flexibility index (Phi) is 7.85. The Bertz CT molecular complexity index is 1470. The van der Waals surface area contributed by atoms with Crippen molar-refractivity contribution >= 4 is 50.3 Å². The van der Waals surface area contributed by atoms with E-state index in [-0.39, 0.29) is 10.8 Å². The van der Waals surface area contributed by atoms with Crippen molar-refractivity contribution < 1.29 is 13.2 Å². The molecule has 10 heteroatoms. The SMILES string of the molecule is CC(C)CN1C(=O)/C(=C/c2cn(-c3ccccc3)nc2-c2ccc(S(=O)(=O)N3CCCCC3)cc2)SC1=S. The number of rotatable bonds is 7. The van der Waals surface area contributed by atoms with Crippen LogP contribution in [-0.4, -0.2) is 57.3 Å². The van der Waals surface area contributed by atoms with Gasteiger partial charge in [-0.25, -0.2) is 13.1 Å². The highest BCUT2D eigenvalue weighted by atomic mass is 32.2. The van der Waals surface area contributed by atoms with E-state index in [1.807, 2.05) is 42.6 Å².